The quantitative estimate of drug-likeness (QED) is 0.875. The Balaban J connectivity index is 2.39. The molecule has 0 saturated heterocycles. The lowest BCUT2D eigenvalue weighted by Gasteiger charge is -1.92. The summed E-state index contributed by atoms with van der Waals surface area (Å²) >= 11 is 14.5. The maximum atomic E-state index is 10.4. The van der Waals surface area contributed by atoms with Gasteiger partial charge in [0.25, 0.3) is 0 Å². The summed E-state index contributed by atoms with van der Waals surface area (Å²) < 4.78 is 1.45. The van der Waals surface area contributed by atoms with E-state index in [1.54, 1.807) is 12.1 Å². The molecular weight excluding hydrogens is 289 g/mol. The number of thiazole rings is 1. The number of rotatable bonds is 3. The molecule has 1 aromatic carbocycles. The summed E-state index contributed by atoms with van der Waals surface area (Å²) in [6, 6.07) is 3.38. The van der Waals surface area contributed by atoms with Crippen molar-refractivity contribution in [3.63, 3.8) is 0 Å². The molecule has 3 nitrogen and oxygen atoms in total. The number of benzene rings is 1. The van der Waals surface area contributed by atoms with Gasteiger partial charge in [0.1, 0.15) is 5.52 Å². The van der Waals surface area contributed by atoms with Gasteiger partial charge in [-0.3, -0.25) is 4.79 Å². The van der Waals surface area contributed by atoms with Gasteiger partial charge in [-0.1, -0.05) is 35.0 Å². The van der Waals surface area contributed by atoms with Crippen LogP contribution in [0.4, 0.5) is 0 Å². The van der Waals surface area contributed by atoms with Crippen LogP contribution in [0.5, 0.6) is 0 Å². The Morgan fingerprint density at radius 2 is 2.12 bits per heavy atom. The number of thioether (sulfide) groups is 1. The van der Waals surface area contributed by atoms with Gasteiger partial charge in [0.2, 0.25) is 0 Å². The molecule has 0 unspecified atom stereocenters. The van der Waals surface area contributed by atoms with E-state index in [4.69, 9.17) is 28.3 Å². The average molecular weight is 294 g/mol. The van der Waals surface area contributed by atoms with Gasteiger partial charge in [0.15, 0.2) is 4.34 Å². The van der Waals surface area contributed by atoms with Crippen LogP contribution in [0.1, 0.15) is 0 Å². The lowest BCUT2D eigenvalue weighted by atomic mass is 10.3. The first-order valence-electron chi connectivity index (χ1n) is 4.17. The molecule has 2 aromatic rings. The first-order chi connectivity index (χ1) is 7.58. The Labute approximate surface area is 109 Å². The predicted molar refractivity (Wildman–Crippen MR) is 68.0 cm³/mol. The maximum absolute atomic E-state index is 10.4. The summed E-state index contributed by atoms with van der Waals surface area (Å²) in [5.41, 5.74) is 0.632. The highest BCUT2D eigenvalue weighted by molar-refractivity contribution is 8.01. The number of carboxylic acids is 1. The van der Waals surface area contributed by atoms with E-state index in [0.717, 1.165) is 16.5 Å². The monoisotopic (exact) mass is 293 g/mol. The van der Waals surface area contributed by atoms with Crippen molar-refractivity contribution in [1.82, 2.24) is 4.98 Å². The number of carboxylic acid groups (broad SMARTS) is 1. The Morgan fingerprint density at radius 3 is 2.75 bits per heavy atom. The van der Waals surface area contributed by atoms with Crippen molar-refractivity contribution in [3.8, 4) is 0 Å². The van der Waals surface area contributed by atoms with Crippen LogP contribution in [0, 0.1) is 0 Å². The number of carbonyl (C=O) groups is 1. The third-order valence-electron chi connectivity index (χ3n) is 1.75. The molecule has 0 aliphatic heterocycles. The van der Waals surface area contributed by atoms with Crippen molar-refractivity contribution in [2.45, 2.75) is 4.34 Å². The molecule has 16 heavy (non-hydrogen) atoms. The molecule has 0 radical (unpaired) electrons. The number of hydrogen-bond acceptors (Lipinski definition) is 4. The summed E-state index contributed by atoms with van der Waals surface area (Å²) in [7, 11) is 0. The number of aromatic nitrogens is 1. The highest BCUT2D eigenvalue weighted by Crippen LogP contribution is 2.37. The highest BCUT2D eigenvalue weighted by atomic mass is 35.5. The van der Waals surface area contributed by atoms with E-state index in [9.17, 15) is 4.79 Å². The molecular formula is C9H5Cl2NO2S2. The summed E-state index contributed by atoms with van der Waals surface area (Å²) in [5.74, 6) is -0.892. The molecule has 1 N–H and O–H groups in total. The van der Waals surface area contributed by atoms with Gasteiger partial charge in [0.05, 0.1) is 20.5 Å². The van der Waals surface area contributed by atoms with Gasteiger partial charge >= 0.3 is 5.97 Å². The van der Waals surface area contributed by atoms with Crippen LogP contribution in [-0.4, -0.2) is 21.8 Å². The van der Waals surface area contributed by atoms with Gasteiger partial charge in [0, 0.05) is 0 Å². The van der Waals surface area contributed by atoms with Crippen molar-refractivity contribution in [1.29, 1.82) is 0 Å². The molecule has 0 aliphatic rings. The summed E-state index contributed by atoms with van der Waals surface area (Å²) in [4.78, 5) is 14.7. The van der Waals surface area contributed by atoms with Crippen LogP contribution < -0.4 is 0 Å². The topological polar surface area (TPSA) is 50.2 Å². The van der Waals surface area contributed by atoms with Crippen molar-refractivity contribution in [3.05, 3.63) is 22.2 Å². The average Bonchev–Trinajstić information content (AvgIpc) is 2.66. The van der Waals surface area contributed by atoms with Crippen molar-refractivity contribution in [2.24, 2.45) is 0 Å². The van der Waals surface area contributed by atoms with Crippen LogP contribution in [0.15, 0.2) is 16.5 Å². The normalized spacial score (nSPS) is 10.9. The number of aliphatic carboxylic acids is 1. The second kappa shape index (κ2) is 4.79. The molecule has 0 fully saturated rings. The third-order valence-corrected chi connectivity index (χ3v) is 4.69. The molecule has 0 spiro atoms. The van der Waals surface area contributed by atoms with E-state index in [0.29, 0.717) is 19.9 Å². The molecule has 1 heterocycles. The molecule has 84 valence electrons. The highest BCUT2D eigenvalue weighted by Gasteiger charge is 2.11. The number of halogens is 2. The van der Waals surface area contributed by atoms with E-state index in [1.165, 1.54) is 11.3 Å². The summed E-state index contributed by atoms with van der Waals surface area (Å²) in [6.07, 6.45) is 0. The van der Waals surface area contributed by atoms with Crippen LogP contribution in [0.25, 0.3) is 10.2 Å². The smallest absolute Gasteiger partial charge is 0.313 e. The molecule has 0 atom stereocenters. The van der Waals surface area contributed by atoms with Gasteiger partial charge in [-0.05, 0) is 12.1 Å². The van der Waals surface area contributed by atoms with Crippen LogP contribution in [-0.2, 0) is 4.79 Å². The number of fused-ring (bicyclic) bond motifs is 1. The second-order valence-corrected chi connectivity index (χ2v) is 5.91. The van der Waals surface area contributed by atoms with Gasteiger partial charge in [-0.25, -0.2) is 4.98 Å². The predicted octanol–water partition coefficient (Wildman–Crippen LogP) is 3.78. The zero-order valence-corrected chi connectivity index (χ0v) is 10.9. The van der Waals surface area contributed by atoms with Gasteiger partial charge < -0.3 is 5.11 Å². The van der Waals surface area contributed by atoms with Gasteiger partial charge in [-0.2, -0.15) is 0 Å². The molecule has 0 bridgehead atoms. The standard InChI is InChI=1S/C9H5Cl2NO2S2/c10-4-1-2-5(11)8-7(4)12-9(16-8)15-3-6(13)14/h1-2H,3H2,(H,13,14). The van der Waals surface area contributed by atoms with Crippen molar-refractivity contribution < 1.29 is 9.90 Å². The Bertz CT molecular complexity index is 517. The van der Waals surface area contributed by atoms with Crippen molar-refractivity contribution >= 4 is 62.5 Å². The van der Waals surface area contributed by atoms with E-state index >= 15 is 0 Å². The lowest BCUT2D eigenvalue weighted by Crippen LogP contribution is -1.96. The molecule has 2 rings (SSSR count). The number of hydrogen-bond donors (Lipinski definition) is 1. The third kappa shape index (κ3) is 2.43. The van der Waals surface area contributed by atoms with E-state index in [-0.39, 0.29) is 5.75 Å². The van der Waals surface area contributed by atoms with E-state index in [1.807, 2.05) is 0 Å². The summed E-state index contributed by atoms with van der Waals surface area (Å²) in [5, 5.41) is 9.67. The zero-order chi connectivity index (χ0) is 11.7. The fourth-order valence-corrected chi connectivity index (χ4v) is 3.43. The molecule has 0 amide bonds. The fourth-order valence-electron chi connectivity index (χ4n) is 1.11. The largest absolute Gasteiger partial charge is 0.481 e. The minimum absolute atomic E-state index is 0.0188. The zero-order valence-electron chi connectivity index (χ0n) is 7.74. The van der Waals surface area contributed by atoms with Crippen LogP contribution in [0.2, 0.25) is 10.0 Å². The molecule has 1 aromatic heterocycles. The Hall–Kier alpha value is -0.490. The molecule has 7 heteroatoms. The summed E-state index contributed by atoms with van der Waals surface area (Å²) in [6.45, 7) is 0. The van der Waals surface area contributed by atoms with Crippen LogP contribution in [0.3, 0.4) is 0 Å². The molecule has 0 saturated carbocycles. The minimum atomic E-state index is -0.874. The van der Waals surface area contributed by atoms with Crippen LogP contribution >= 0.6 is 46.3 Å². The van der Waals surface area contributed by atoms with Gasteiger partial charge in [-0.15, -0.1) is 11.3 Å². The minimum Gasteiger partial charge on any atom is -0.481 e. The Kier molecular flexibility index (Phi) is 3.59. The molecule has 0 aliphatic carbocycles. The maximum Gasteiger partial charge on any atom is 0.313 e. The lowest BCUT2D eigenvalue weighted by molar-refractivity contribution is -0.133. The fraction of sp³-hybridized carbons (Fsp3) is 0.111. The van der Waals surface area contributed by atoms with E-state index < -0.39 is 5.97 Å². The SMILES string of the molecule is O=C(O)CSc1nc2c(Cl)ccc(Cl)c2s1. The van der Waals surface area contributed by atoms with E-state index in [2.05, 4.69) is 4.98 Å². The Morgan fingerprint density at radius 1 is 1.44 bits per heavy atom. The first-order valence-corrected chi connectivity index (χ1v) is 6.73. The second-order valence-electron chi connectivity index (χ2n) is 2.87. The number of nitrogens with zero attached hydrogens (tertiary/aromatic N) is 1. The van der Waals surface area contributed by atoms with Crippen molar-refractivity contribution in [2.75, 3.05) is 5.75 Å². The first kappa shape index (κ1) is 12.0.